The van der Waals surface area contributed by atoms with E-state index in [1.165, 1.54) is 17.0 Å². The molecule has 5 heterocycles. The largest absolute Gasteiger partial charge is 0.416 e. The maximum Gasteiger partial charge on any atom is 0.416 e. The number of pyridine rings is 1. The van der Waals surface area contributed by atoms with Crippen LogP contribution in [-0.2, 0) is 11.0 Å². The number of hydrogen-bond donors (Lipinski definition) is 1. The van der Waals surface area contributed by atoms with Gasteiger partial charge in [-0.15, -0.1) is 5.10 Å². The van der Waals surface area contributed by atoms with Crippen molar-refractivity contribution >= 4 is 23.1 Å². The SMILES string of the molecule is Cc1cn(-c2cc(NC(=O)[C@@H]3CCN(c4ccc5ncc(-c6ccccn6)n5n4)C3)cc(C(F)(F)F)c2)cn1. The quantitative estimate of drug-likeness (QED) is 0.351. The molecule has 1 atom stereocenters. The number of aryl methyl sites for hydroxylation is 1. The van der Waals surface area contributed by atoms with Crippen molar-refractivity contribution in [3.8, 4) is 17.1 Å². The Balaban J connectivity index is 1.21. The van der Waals surface area contributed by atoms with Crippen LogP contribution in [-0.4, -0.2) is 48.1 Å². The molecule has 1 aliphatic rings. The molecule has 6 rings (SSSR count). The smallest absolute Gasteiger partial charge is 0.354 e. The lowest BCUT2D eigenvalue weighted by molar-refractivity contribution is -0.137. The van der Waals surface area contributed by atoms with E-state index in [9.17, 15) is 18.0 Å². The van der Waals surface area contributed by atoms with Crippen molar-refractivity contribution in [3.05, 3.63) is 84.7 Å². The topological polar surface area (TPSA) is 93.2 Å². The second-order valence-electron chi connectivity index (χ2n) is 9.43. The Labute approximate surface area is 221 Å². The van der Waals surface area contributed by atoms with Crippen molar-refractivity contribution in [2.45, 2.75) is 19.5 Å². The zero-order valence-corrected chi connectivity index (χ0v) is 20.8. The number of rotatable bonds is 5. The van der Waals surface area contributed by atoms with Gasteiger partial charge in [0.25, 0.3) is 0 Å². The summed E-state index contributed by atoms with van der Waals surface area (Å²) >= 11 is 0. The summed E-state index contributed by atoms with van der Waals surface area (Å²) in [5.41, 5.74) is 2.30. The molecule has 9 nitrogen and oxygen atoms in total. The van der Waals surface area contributed by atoms with E-state index in [-0.39, 0.29) is 17.3 Å². The van der Waals surface area contributed by atoms with Gasteiger partial charge in [0.15, 0.2) is 5.65 Å². The second-order valence-corrected chi connectivity index (χ2v) is 9.43. The fourth-order valence-corrected chi connectivity index (χ4v) is 4.71. The summed E-state index contributed by atoms with van der Waals surface area (Å²) in [6, 6.07) is 12.8. The zero-order chi connectivity index (χ0) is 27.1. The minimum absolute atomic E-state index is 0.0765. The number of alkyl halides is 3. The van der Waals surface area contributed by atoms with Crippen LogP contribution in [0.1, 0.15) is 17.7 Å². The first-order chi connectivity index (χ1) is 18.7. The number of aromatic nitrogens is 6. The predicted octanol–water partition coefficient (Wildman–Crippen LogP) is 4.77. The lowest BCUT2D eigenvalue weighted by atomic mass is 10.1. The van der Waals surface area contributed by atoms with Crippen LogP contribution in [0.3, 0.4) is 0 Å². The standard InChI is InChI=1S/C27H23F3N8O/c1-17-14-37(16-33-17)21-11-19(27(28,29)30)10-20(12-21)34-26(39)18-7-9-36(15-18)25-6-5-24-32-13-23(38(24)35-25)22-4-2-3-8-31-22/h2-6,8,10-14,16,18H,7,9,15H2,1H3,(H,34,39)/t18-/m1/s1. The molecule has 0 saturated carbocycles. The van der Waals surface area contributed by atoms with Gasteiger partial charge in [-0.1, -0.05) is 6.07 Å². The summed E-state index contributed by atoms with van der Waals surface area (Å²) in [6.45, 7) is 2.70. The number of nitrogens with zero attached hydrogens (tertiary/aromatic N) is 7. The van der Waals surface area contributed by atoms with Crippen LogP contribution in [0.4, 0.5) is 24.7 Å². The van der Waals surface area contributed by atoms with E-state index >= 15 is 0 Å². The van der Waals surface area contributed by atoms with Gasteiger partial charge in [0.05, 0.1) is 35.4 Å². The lowest BCUT2D eigenvalue weighted by Gasteiger charge is -2.18. The van der Waals surface area contributed by atoms with Gasteiger partial charge >= 0.3 is 6.18 Å². The summed E-state index contributed by atoms with van der Waals surface area (Å²) in [6.07, 6.45) is 2.44. The van der Waals surface area contributed by atoms with Gasteiger partial charge in [0.2, 0.25) is 5.91 Å². The Hall–Kier alpha value is -4.74. The number of nitrogens with one attached hydrogen (secondary N) is 1. The van der Waals surface area contributed by atoms with Crippen molar-refractivity contribution < 1.29 is 18.0 Å². The number of benzene rings is 1. The van der Waals surface area contributed by atoms with Crippen LogP contribution in [0.5, 0.6) is 0 Å². The van der Waals surface area contributed by atoms with E-state index in [1.54, 1.807) is 30.0 Å². The fourth-order valence-electron chi connectivity index (χ4n) is 4.71. The van der Waals surface area contributed by atoms with Gasteiger partial charge in [-0.3, -0.25) is 9.78 Å². The number of amides is 1. The summed E-state index contributed by atoms with van der Waals surface area (Å²) < 4.78 is 44.0. The molecule has 1 saturated heterocycles. The maximum absolute atomic E-state index is 13.6. The molecule has 1 amide bonds. The Morgan fingerprint density at radius 1 is 1.08 bits per heavy atom. The van der Waals surface area contributed by atoms with Gasteiger partial charge in [-0.25, -0.2) is 14.5 Å². The van der Waals surface area contributed by atoms with Gasteiger partial charge in [-0.05, 0) is 55.8 Å². The van der Waals surface area contributed by atoms with Crippen LogP contribution < -0.4 is 10.2 Å². The molecule has 1 aliphatic heterocycles. The molecule has 4 aromatic heterocycles. The third kappa shape index (κ3) is 4.92. The number of fused-ring (bicyclic) bond motifs is 1. The zero-order valence-electron chi connectivity index (χ0n) is 20.8. The molecule has 1 aromatic carbocycles. The van der Waals surface area contributed by atoms with Crippen LogP contribution in [0.2, 0.25) is 0 Å². The van der Waals surface area contributed by atoms with Crippen molar-refractivity contribution in [2.24, 2.45) is 5.92 Å². The molecule has 0 aliphatic carbocycles. The molecule has 198 valence electrons. The third-order valence-electron chi connectivity index (χ3n) is 6.68. The minimum atomic E-state index is -4.57. The van der Waals surface area contributed by atoms with Gasteiger partial charge in [0.1, 0.15) is 11.5 Å². The van der Waals surface area contributed by atoms with E-state index in [2.05, 4.69) is 20.3 Å². The van der Waals surface area contributed by atoms with Crippen LogP contribution in [0, 0.1) is 12.8 Å². The minimum Gasteiger partial charge on any atom is -0.354 e. The number of halogens is 3. The van der Waals surface area contributed by atoms with Crippen molar-refractivity contribution in [2.75, 3.05) is 23.3 Å². The number of carbonyl (C=O) groups is 1. The molecule has 0 radical (unpaired) electrons. The predicted molar refractivity (Wildman–Crippen MR) is 138 cm³/mol. The summed E-state index contributed by atoms with van der Waals surface area (Å²) in [5, 5.41) is 7.43. The molecule has 1 N–H and O–H groups in total. The van der Waals surface area contributed by atoms with Crippen molar-refractivity contribution in [1.82, 2.24) is 29.1 Å². The van der Waals surface area contributed by atoms with Gasteiger partial charge in [-0.2, -0.15) is 13.2 Å². The van der Waals surface area contributed by atoms with Crippen molar-refractivity contribution in [1.29, 1.82) is 0 Å². The monoisotopic (exact) mass is 532 g/mol. The highest BCUT2D eigenvalue weighted by Gasteiger charge is 2.33. The van der Waals surface area contributed by atoms with Crippen LogP contribution >= 0.6 is 0 Å². The van der Waals surface area contributed by atoms with E-state index in [0.717, 1.165) is 23.5 Å². The van der Waals surface area contributed by atoms with E-state index in [0.29, 0.717) is 36.7 Å². The molecule has 0 spiro atoms. The first-order valence-corrected chi connectivity index (χ1v) is 12.3. The highest BCUT2D eigenvalue weighted by molar-refractivity contribution is 5.93. The Morgan fingerprint density at radius 3 is 2.69 bits per heavy atom. The Morgan fingerprint density at radius 2 is 1.95 bits per heavy atom. The van der Waals surface area contributed by atoms with Gasteiger partial charge < -0.3 is 14.8 Å². The molecular formula is C27H23F3N8O. The first-order valence-electron chi connectivity index (χ1n) is 12.3. The summed E-state index contributed by atoms with van der Waals surface area (Å²) in [7, 11) is 0. The highest BCUT2D eigenvalue weighted by atomic mass is 19.4. The normalized spacial score (nSPS) is 15.7. The van der Waals surface area contributed by atoms with E-state index in [1.807, 2.05) is 35.2 Å². The average Bonchev–Trinajstić information content (AvgIpc) is 3.68. The molecule has 5 aromatic rings. The lowest BCUT2D eigenvalue weighted by Crippen LogP contribution is -2.27. The summed E-state index contributed by atoms with van der Waals surface area (Å²) in [5.74, 6) is -0.0960. The number of anilines is 2. The third-order valence-corrected chi connectivity index (χ3v) is 6.68. The molecule has 1 fully saturated rings. The molecule has 0 bridgehead atoms. The van der Waals surface area contributed by atoms with Crippen LogP contribution in [0.25, 0.3) is 22.7 Å². The Bertz CT molecular complexity index is 1660. The average molecular weight is 533 g/mol. The number of hydrogen-bond acceptors (Lipinski definition) is 6. The molecule has 12 heteroatoms. The van der Waals surface area contributed by atoms with Crippen molar-refractivity contribution in [3.63, 3.8) is 0 Å². The van der Waals surface area contributed by atoms with Crippen LogP contribution in [0.15, 0.2) is 73.4 Å². The number of imidazole rings is 2. The fraction of sp³-hybridized carbons (Fsp3) is 0.222. The van der Waals surface area contributed by atoms with E-state index in [4.69, 9.17) is 5.10 Å². The number of carbonyl (C=O) groups excluding carboxylic acids is 1. The molecular weight excluding hydrogens is 509 g/mol. The highest BCUT2D eigenvalue weighted by Crippen LogP contribution is 2.33. The van der Waals surface area contributed by atoms with E-state index < -0.39 is 17.7 Å². The summed E-state index contributed by atoms with van der Waals surface area (Å²) in [4.78, 5) is 28.0. The Kier molecular flexibility index (Phi) is 6.01. The van der Waals surface area contributed by atoms with Gasteiger partial charge in [0, 0.05) is 36.9 Å². The maximum atomic E-state index is 13.6. The first kappa shape index (κ1) is 24.6. The molecule has 39 heavy (non-hydrogen) atoms. The second kappa shape index (κ2) is 9.53. The molecule has 0 unspecified atom stereocenters.